The van der Waals surface area contributed by atoms with Gasteiger partial charge in [-0.25, -0.2) is 0 Å². The summed E-state index contributed by atoms with van der Waals surface area (Å²) in [6.07, 6.45) is 0. The molecule has 0 aliphatic heterocycles. The number of ether oxygens (including phenoxy) is 1. The Labute approximate surface area is 120 Å². The van der Waals surface area contributed by atoms with Crippen molar-refractivity contribution in [2.24, 2.45) is 5.73 Å². The van der Waals surface area contributed by atoms with Gasteiger partial charge in [-0.05, 0) is 36.2 Å². The molecular weight excluding hydrogens is 310 g/mol. The monoisotopic (exact) mass is 325 g/mol. The third kappa shape index (κ3) is 3.65. The van der Waals surface area contributed by atoms with Gasteiger partial charge < -0.3 is 10.5 Å². The van der Waals surface area contributed by atoms with Gasteiger partial charge in [0.05, 0.1) is 13.2 Å². The molecule has 4 heteroatoms. The molecule has 1 heterocycles. The first kappa shape index (κ1) is 13.7. The third-order valence-corrected chi connectivity index (χ3v) is 4.36. The van der Waals surface area contributed by atoms with Gasteiger partial charge in [-0.2, -0.15) is 0 Å². The molecule has 0 aliphatic rings. The lowest BCUT2D eigenvalue weighted by Crippen LogP contribution is -1.95. The van der Waals surface area contributed by atoms with Crippen LogP contribution in [-0.4, -0.2) is 0 Å². The molecule has 0 fully saturated rings. The van der Waals surface area contributed by atoms with E-state index in [1.807, 2.05) is 12.1 Å². The number of benzene rings is 1. The Kier molecular flexibility index (Phi) is 4.95. The second-order valence-electron chi connectivity index (χ2n) is 4.12. The van der Waals surface area contributed by atoms with Crippen LogP contribution >= 0.6 is 27.3 Å². The average molecular weight is 326 g/mol. The Bertz CT molecular complexity index is 507. The van der Waals surface area contributed by atoms with Crippen molar-refractivity contribution < 1.29 is 4.74 Å². The fourth-order valence-electron chi connectivity index (χ4n) is 1.69. The molecule has 18 heavy (non-hydrogen) atoms. The van der Waals surface area contributed by atoms with Crippen molar-refractivity contribution in [1.82, 2.24) is 0 Å². The predicted molar refractivity (Wildman–Crippen MR) is 79.6 cm³/mol. The van der Waals surface area contributed by atoms with Gasteiger partial charge in [-0.3, -0.25) is 0 Å². The molecule has 0 radical (unpaired) electrons. The van der Waals surface area contributed by atoms with E-state index in [2.05, 4.69) is 41.1 Å². The molecule has 0 saturated carbocycles. The molecule has 0 bridgehead atoms. The first-order valence-electron chi connectivity index (χ1n) is 5.79. The van der Waals surface area contributed by atoms with Crippen LogP contribution in [0.4, 0.5) is 0 Å². The van der Waals surface area contributed by atoms with Crippen LogP contribution in [0.1, 0.15) is 20.9 Å². The van der Waals surface area contributed by atoms with E-state index in [4.69, 9.17) is 10.5 Å². The number of aryl methyl sites for hydroxylation is 1. The first-order chi connectivity index (χ1) is 8.69. The molecule has 2 N–H and O–H groups in total. The Morgan fingerprint density at radius 1 is 1.22 bits per heavy atom. The standard InChI is InChI=1S/C14H16BrNOS/c1-10-12(6-14(7-16)18-10)9-17-8-11-2-4-13(15)5-3-11/h2-6H,7-9,16H2,1H3. The Hall–Kier alpha value is -0.680. The summed E-state index contributed by atoms with van der Waals surface area (Å²) in [5.74, 6) is 0. The molecular formula is C14H16BrNOS. The van der Waals surface area contributed by atoms with Crippen molar-refractivity contribution in [2.75, 3.05) is 0 Å². The van der Waals surface area contributed by atoms with Gasteiger partial charge in [0, 0.05) is 20.8 Å². The fraction of sp³-hybridized carbons (Fsp3) is 0.286. The van der Waals surface area contributed by atoms with Crippen LogP contribution in [0, 0.1) is 6.92 Å². The van der Waals surface area contributed by atoms with Crippen LogP contribution in [0.25, 0.3) is 0 Å². The van der Waals surface area contributed by atoms with E-state index in [9.17, 15) is 0 Å². The van der Waals surface area contributed by atoms with Crippen molar-refractivity contribution in [2.45, 2.75) is 26.7 Å². The minimum Gasteiger partial charge on any atom is -0.372 e. The van der Waals surface area contributed by atoms with Crippen molar-refractivity contribution in [3.63, 3.8) is 0 Å². The fourth-order valence-corrected chi connectivity index (χ4v) is 2.88. The summed E-state index contributed by atoms with van der Waals surface area (Å²) in [6.45, 7) is 4.01. The van der Waals surface area contributed by atoms with Crippen molar-refractivity contribution in [3.05, 3.63) is 55.7 Å². The highest BCUT2D eigenvalue weighted by atomic mass is 79.9. The quantitative estimate of drug-likeness (QED) is 0.901. The molecule has 2 rings (SSSR count). The number of rotatable bonds is 5. The minimum atomic E-state index is 0.609. The number of thiophene rings is 1. The second kappa shape index (κ2) is 6.48. The summed E-state index contributed by atoms with van der Waals surface area (Å²) in [5, 5.41) is 0. The first-order valence-corrected chi connectivity index (χ1v) is 7.40. The highest BCUT2D eigenvalue weighted by molar-refractivity contribution is 9.10. The van der Waals surface area contributed by atoms with Crippen molar-refractivity contribution in [3.8, 4) is 0 Å². The molecule has 2 nitrogen and oxygen atoms in total. The summed E-state index contributed by atoms with van der Waals surface area (Å²) in [5.41, 5.74) is 8.06. The van der Waals surface area contributed by atoms with Gasteiger partial charge in [0.25, 0.3) is 0 Å². The third-order valence-electron chi connectivity index (χ3n) is 2.71. The van der Waals surface area contributed by atoms with Gasteiger partial charge in [0.1, 0.15) is 0 Å². The van der Waals surface area contributed by atoms with Crippen molar-refractivity contribution in [1.29, 1.82) is 0 Å². The maximum Gasteiger partial charge on any atom is 0.0732 e. The maximum absolute atomic E-state index is 5.73. The van der Waals surface area contributed by atoms with Crippen LogP contribution in [0.15, 0.2) is 34.8 Å². The van der Waals surface area contributed by atoms with Crippen LogP contribution < -0.4 is 5.73 Å². The Morgan fingerprint density at radius 3 is 2.56 bits per heavy atom. The highest BCUT2D eigenvalue weighted by Gasteiger charge is 2.04. The van der Waals surface area contributed by atoms with E-state index < -0.39 is 0 Å². The van der Waals surface area contributed by atoms with Crippen LogP contribution in [0.2, 0.25) is 0 Å². The highest BCUT2D eigenvalue weighted by Crippen LogP contribution is 2.22. The molecule has 96 valence electrons. The zero-order valence-electron chi connectivity index (χ0n) is 10.3. The lowest BCUT2D eigenvalue weighted by atomic mass is 10.2. The molecule has 0 amide bonds. The summed E-state index contributed by atoms with van der Waals surface area (Å²) in [4.78, 5) is 2.51. The number of hydrogen-bond donors (Lipinski definition) is 1. The van der Waals surface area contributed by atoms with Crippen LogP contribution in [0.5, 0.6) is 0 Å². The lowest BCUT2D eigenvalue weighted by Gasteiger charge is -2.04. The Balaban J connectivity index is 1.88. The average Bonchev–Trinajstić information content (AvgIpc) is 2.73. The molecule has 0 unspecified atom stereocenters. The van der Waals surface area contributed by atoms with E-state index in [1.54, 1.807) is 11.3 Å². The lowest BCUT2D eigenvalue weighted by molar-refractivity contribution is 0.107. The van der Waals surface area contributed by atoms with E-state index in [0.717, 1.165) is 4.47 Å². The summed E-state index contributed by atoms with van der Waals surface area (Å²) >= 11 is 5.17. The number of nitrogens with two attached hydrogens (primary N) is 1. The molecule has 1 aromatic heterocycles. The minimum absolute atomic E-state index is 0.609. The molecule has 0 spiro atoms. The summed E-state index contributed by atoms with van der Waals surface area (Å²) in [7, 11) is 0. The topological polar surface area (TPSA) is 35.2 Å². The summed E-state index contributed by atoms with van der Waals surface area (Å²) in [6, 6.07) is 10.3. The number of halogens is 1. The van der Waals surface area contributed by atoms with Gasteiger partial charge in [0.15, 0.2) is 0 Å². The van der Waals surface area contributed by atoms with Crippen LogP contribution in [0.3, 0.4) is 0 Å². The van der Waals surface area contributed by atoms with Crippen molar-refractivity contribution >= 4 is 27.3 Å². The SMILES string of the molecule is Cc1sc(CN)cc1COCc1ccc(Br)cc1. The van der Waals surface area contributed by atoms with Crippen LogP contribution in [-0.2, 0) is 24.5 Å². The van der Waals surface area contributed by atoms with Gasteiger partial charge in [-0.15, -0.1) is 11.3 Å². The Morgan fingerprint density at radius 2 is 1.94 bits per heavy atom. The molecule has 1 aromatic carbocycles. The van der Waals surface area contributed by atoms with Gasteiger partial charge in [-0.1, -0.05) is 28.1 Å². The van der Waals surface area contributed by atoms with E-state index >= 15 is 0 Å². The van der Waals surface area contributed by atoms with E-state index in [0.29, 0.717) is 19.8 Å². The van der Waals surface area contributed by atoms with Gasteiger partial charge in [0.2, 0.25) is 0 Å². The zero-order chi connectivity index (χ0) is 13.0. The zero-order valence-corrected chi connectivity index (χ0v) is 12.7. The molecule has 0 saturated heterocycles. The number of hydrogen-bond acceptors (Lipinski definition) is 3. The molecule has 2 aromatic rings. The summed E-state index contributed by atoms with van der Waals surface area (Å²) < 4.78 is 6.83. The largest absolute Gasteiger partial charge is 0.372 e. The van der Waals surface area contributed by atoms with E-state index in [1.165, 1.54) is 20.9 Å². The second-order valence-corrected chi connectivity index (χ2v) is 6.37. The molecule has 0 atom stereocenters. The predicted octanol–water partition coefficient (Wildman–Crippen LogP) is 3.99. The maximum atomic E-state index is 5.73. The smallest absolute Gasteiger partial charge is 0.0732 e. The van der Waals surface area contributed by atoms with Gasteiger partial charge >= 0.3 is 0 Å². The normalized spacial score (nSPS) is 10.8. The molecule has 0 aliphatic carbocycles. The van der Waals surface area contributed by atoms with E-state index in [-0.39, 0.29) is 0 Å².